The van der Waals surface area contributed by atoms with E-state index in [-0.39, 0.29) is 5.92 Å². The SMILES string of the molecule is COc1ccc(-c2noc(C3CCCN(S(C)(=O)=O)C3)n2)cc1. The molecule has 1 aromatic carbocycles. The standard InChI is InChI=1S/C15H19N3O4S/c1-21-13-7-5-11(6-8-13)14-16-15(22-17-14)12-4-3-9-18(10-12)23(2,19)20/h5-8,12H,3-4,9-10H2,1-2H3. The van der Waals surface area contributed by atoms with Crippen molar-refractivity contribution in [3.8, 4) is 17.1 Å². The molecule has 1 saturated heterocycles. The zero-order valence-electron chi connectivity index (χ0n) is 13.1. The van der Waals surface area contributed by atoms with Crippen LogP contribution in [-0.2, 0) is 10.0 Å². The van der Waals surface area contributed by atoms with Crippen LogP contribution in [0.5, 0.6) is 5.75 Å². The second kappa shape index (κ2) is 6.29. The first-order valence-electron chi connectivity index (χ1n) is 7.40. The van der Waals surface area contributed by atoms with Crippen LogP contribution in [0, 0.1) is 0 Å². The fraction of sp³-hybridized carbons (Fsp3) is 0.467. The number of hydrogen-bond acceptors (Lipinski definition) is 6. The van der Waals surface area contributed by atoms with Crippen LogP contribution in [0.1, 0.15) is 24.7 Å². The van der Waals surface area contributed by atoms with Gasteiger partial charge in [0.25, 0.3) is 0 Å². The molecule has 124 valence electrons. The van der Waals surface area contributed by atoms with E-state index < -0.39 is 10.0 Å². The van der Waals surface area contributed by atoms with Crippen LogP contribution < -0.4 is 4.74 Å². The largest absolute Gasteiger partial charge is 0.497 e. The highest BCUT2D eigenvalue weighted by atomic mass is 32.2. The molecule has 2 heterocycles. The van der Waals surface area contributed by atoms with Crippen molar-refractivity contribution in [3.63, 3.8) is 0 Å². The number of nitrogens with zero attached hydrogens (tertiary/aromatic N) is 3. The molecule has 2 aromatic rings. The van der Waals surface area contributed by atoms with Gasteiger partial charge in [-0.2, -0.15) is 4.98 Å². The highest BCUT2D eigenvalue weighted by molar-refractivity contribution is 7.88. The van der Waals surface area contributed by atoms with Crippen molar-refractivity contribution < 1.29 is 17.7 Å². The summed E-state index contributed by atoms with van der Waals surface area (Å²) >= 11 is 0. The summed E-state index contributed by atoms with van der Waals surface area (Å²) in [6.07, 6.45) is 2.86. The molecule has 0 radical (unpaired) electrons. The van der Waals surface area contributed by atoms with Gasteiger partial charge in [0.05, 0.1) is 19.3 Å². The van der Waals surface area contributed by atoms with Crippen LogP contribution in [0.3, 0.4) is 0 Å². The number of sulfonamides is 1. The molecule has 7 nitrogen and oxygen atoms in total. The Labute approximate surface area is 135 Å². The molecule has 1 aliphatic heterocycles. The lowest BCUT2D eigenvalue weighted by atomic mass is 10.00. The van der Waals surface area contributed by atoms with Crippen LogP contribution in [0.15, 0.2) is 28.8 Å². The topological polar surface area (TPSA) is 85.5 Å². The quantitative estimate of drug-likeness (QED) is 0.847. The minimum Gasteiger partial charge on any atom is -0.497 e. The monoisotopic (exact) mass is 337 g/mol. The van der Waals surface area contributed by atoms with Crippen LogP contribution in [-0.4, -0.2) is 49.3 Å². The van der Waals surface area contributed by atoms with Gasteiger partial charge in [0.2, 0.25) is 21.7 Å². The Morgan fingerprint density at radius 1 is 1.30 bits per heavy atom. The van der Waals surface area contributed by atoms with E-state index in [1.54, 1.807) is 7.11 Å². The molecule has 1 aliphatic rings. The summed E-state index contributed by atoms with van der Waals surface area (Å²) in [7, 11) is -1.58. The van der Waals surface area contributed by atoms with Gasteiger partial charge in [-0.25, -0.2) is 12.7 Å². The van der Waals surface area contributed by atoms with E-state index in [1.165, 1.54) is 10.6 Å². The molecular formula is C15H19N3O4S. The molecule has 0 saturated carbocycles. The lowest BCUT2D eigenvalue weighted by molar-refractivity contribution is 0.266. The van der Waals surface area contributed by atoms with Gasteiger partial charge >= 0.3 is 0 Å². The summed E-state index contributed by atoms with van der Waals surface area (Å²) in [6, 6.07) is 7.38. The summed E-state index contributed by atoms with van der Waals surface area (Å²) in [5.74, 6) is 1.69. The van der Waals surface area contributed by atoms with E-state index in [2.05, 4.69) is 10.1 Å². The number of rotatable bonds is 4. The third kappa shape index (κ3) is 3.53. The molecule has 1 atom stereocenters. The molecular weight excluding hydrogens is 318 g/mol. The minimum atomic E-state index is -3.19. The molecule has 0 aliphatic carbocycles. The fourth-order valence-electron chi connectivity index (χ4n) is 2.70. The highest BCUT2D eigenvalue weighted by Gasteiger charge is 2.30. The first-order valence-corrected chi connectivity index (χ1v) is 9.25. The molecule has 0 spiro atoms. The van der Waals surface area contributed by atoms with Gasteiger partial charge in [-0.1, -0.05) is 5.16 Å². The normalized spacial score (nSPS) is 19.7. The van der Waals surface area contributed by atoms with Crippen molar-refractivity contribution in [2.75, 3.05) is 26.5 Å². The van der Waals surface area contributed by atoms with Crippen LogP contribution in [0.2, 0.25) is 0 Å². The van der Waals surface area contributed by atoms with E-state index in [0.717, 1.165) is 24.2 Å². The second-order valence-electron chi connectivity index (χ2n) is 5.64. The predicted octanol–water partition coefficient (Wildman–Crippen LogP) is 1.88. The van der Waals surface area contributed by atoms with E-state index in [9.17, 15) is 8.42 Å². The fourth-order valence-corrected chi connectivity index (χ4v) is 3.62. The summed E-state index contributed by atoms with van der Waals surface area (Å²) < 4.78 is 35.4. The Hall–Kier alpha value is -1.93. The molecule has 1 fully saturated rings. The van der Waals surface area contributed by atoms with E-state index in [0.29, 0.717) is 24.8 Å². The second-order valence-corrected chi connectivity index (χ2v) is 7.63. The molecule has 23 heavy (non-hydrogen) atoms. The van der Waals surface area contributed by atoms with Crippen LogP contribution >= 0.6 is 0 Å². The molecule has 8 heteroatoms. The maximum Gasteiger partial charge on any atom is 0.231 e. The summed E-state index contributed by atoms with van der Waals surface area (Å²) in [4.78, 5) is 4.44. The first-order chi connectivity index (χ1) is 11.0. The number of benzene rings is 1. The summed E-state index contributed by atoms with van der Waals surface area (Å²) in [5, 5.41) is 4.01. The average molecular weight is 337 g/mol. The van der Waals surface area contributed by atoms with Gasteiger partial charge in [0.15, 0.2) is 0 Å². The van der Waals surface area contributed by atoms with Gasteiger partial charge in [-0.3, -0.25) is 0 Å². The van der Waals surface area contributed by atoms with Crippen molar-refractivity contribution in [1.82, 2.24) is 14.4 Å². The Kier molecular flexibility index (Phi) is 4.36. The van der Waals surface area contributed by atoms with Crippen molar-refractivity contribution in [2.24, 2.45) is 0 Å². The van der Waals surface area contributed by atoms with Crippen molar-refractivity contribution in [1.29, 1.82) is 0 Å². The number of piperidine rings is 1. The van der Waals surface area contributed by atoms with Gasteiger partial charge in [-0.05, 0) is 37.1 Å². The molecule has 0 amide bonds. The van der Waals surface area contributed by atoms with Gasteiger partial charge < -0.3 is 9.26 Å². The molecule has 3 rings (SSSR count). The maximum atomic E-state index is 11.7. The zero-order valence-corrected chi connectivity index (χ0v) is 13.9. The van der Waals surface area contributed by atoms with E-state index >= 15 is 0 Å². The van der Waals surface area contributed by atoms with Crippen LogP contribution in [0.4, 0.5) is 0 Å². The van der Waals surface area contributed by atoms with E-state index in [1.807, 2.05) is 24.3 Å². The predicted molar refractivity (Wildman–Crippen MR) is 84.7 cm³/mol. The smallest absolute Gasteiger partial charge is 0.231 e. The zero-order chi connectivity index (χ0) is 16.4. The summed E-state index contributed by atoms with van der Waals surface area (Å²) in [5.41, 5.74) is 0.830. The minimum absolute atomic E-state index is 0.0574. The Bertz CT molecular complexity index is 770. The lowest BCUT2D eigenvalue weighted by Gasteiger charge is -2.28. The van der Waals surface area contributed by atoms with Crippen molar-refractivity contribution in [2.45, 2.75) is 18.8 Å². The molecule has 0 N–H and O–H groups in total. The molecule has 0 bridgehead atoms. The molecule has 1 aromatic heterocycles. The highest BCUT2D eigenvalue weighted by Crippen LogP contribution is 2.29. The Balaban J connectivity index is 1.78. The first kappa shape index (κ1) is 15.9. The number of aromatic nitrogens is 2. The van der Waals surface area contributed by atoms with Crippen molar-refractivity contribution >= 4 is 10.0 Å². The van der Waals surface area contributed by atoms with Gasteiger partial charge in [0, 0.05) is 18.7 Å². The van der Waals surface area contributed by atoms with E-state index in [4.69, 9.17) is 9.26 Å². The third-order valence-electron chi connectivity index (χ3n) is 3.99. The van der Waals surface area contributed by atoms with Gasteiger partial charge in [0.1, 0.15) is 5.75 Å². The number of hydrogen-bond donors (Lipinski definition) is 0. The summed E-state index contributed by atoms with van der Waals surface area (Å²) in [6.45, 7) is 0.942. The maximum absolute atomic E-state index is 11.7. The number of methoxy groups -OCH3 is 1. The Morgan fingerprint density at radius 2 is 2.04 bits per heavy atom. The molecule has 1 unspecified atom stereocenters. The number of ether oxygens (including phenoxy) is 1. The average Bonchev–Trinajstić information content (AvgIpc) is 3.04. The third-order valence-corrected chi connectivity index (χ3v) is 5.26. The van der Waals surface area contributed by atoms with Crippen molar-refractivity contribution in [3.05, 3.63) is 30.2 Å². The Morgan fingerprint density at radius 3 is 2.70 bits per heavy atom. The van der Waals surface area contributed by atoms with Gasteiger partial charge in [-0.15, -0.1) is 0 Å². The lowest BCUT2D eigenvalue weighted by Crippen LogP contribution is -2.38. The van der Waals surface area contributed by atoms with Crippen LogP contribution in [0.25, 0.3) is 11.4 Å².